The standard InChI is InChI=1S/C20H25N3O3/c1-13-8-10-20(11-9-13)18(25)23(19(26)22-20)12-17(24)21-16-7-6-14-4-2-3-5-15(14)16/h2-5,13,16H,6-12H2,1H3,(H,21,24)(H,22,26). The number of benzene rings is 1. The van der Waals surface area contributed by atoms with E-state index in [9.17, 15) is 14.4 Å². The van der Waals surface area contributed by atoms with E-state index in [1.54, 1.807) is 0 Å². The third kappa shape index (κ3) is 2.87. The molecule has 138 valence electrons. The van der Waals surface area contributed by atoms with Gasteiger partial charge in [0.15, 0.2) is 0 Å². The number of nitrogens with one attached hydrogen (secondary N) is 2. The van der Waals surface area contributed by atoms with Gasteiger partial charge in [0.1, 0.15) is 12.1 Å². The highest BCUT2D eigenvalue weighted by Gasteiger charge is 2.52. The van der Waals surface area contributed by atoms with E-state index >= 15 is 0 Å². The number of carbonyl (C=O) groups is 3. The van der Waals surface area contributed by atoms with Gasteiger partial charge in [-0.15, -0.1) is 0 Å². The fraction of sp³-hybridized carbons (Fsp3) is 0.550. The Labute approximate surface area is 153 Å². The summed E-state index contributed by atoms with van der Waals surface area (Å²) in [5.74, 6) is 0.0536. The number of amides is 4. The van der Waals surface area contributed by atoms with Crippen molar-refractivity contribution in [1.82, 2.24) is 15.5 Å². The number of aryl methyl sites for hydroxylation is 1. The van der Waals surface area contributed by atoms with Crippen molar-refractivity contribution in [3.63, 3.8) is 0 Å². The Morgan fingerprint density at radius 1 is 1.23 bits per heavy atom. The van der Waals surface area contributed by atoms with Gasteiger partial charge in [0.05, 0.1) is 6.04 Å². The molecule has 0 bridgehead atoms. The molecule has 2 N–H and O–H groups in total. The van der Waals surface area contributed by atoms with Crippen molar-refractivity contribution in [3.05, 3.63) is 35.4 Å². The van der Waals surface area contributed by atoms with Crippen LogP contribution in [0.2, 0.25) is 0 Å². The number of hydrogen-bond donors (Lipinski definition) is 2. The minimum atomic E-state index is -0.788. The summed E-state index contributed by atoms with van der Waals surface area (Å²) in [6.07, 6.45) is 4.95. The van der Waals surface area contributed by atoms with Gasteiger partial charge in [0.2, 0.25) is 5.91 Å². The van der Waals surface area contributed by atoms with E-state index in [4.69, 9.17) is 0 Å². The Bertz CT molecular complexity index is 752. The highest BCUT2D eigenvalue weighted by Crippen LogP contribution is 2.36. The first kappa shape index (κ1) is 17.1. The van der Waals surface area contributed by atoms with Crippen molar-refractivity contribution in [2.24, 2.45) is 5.92 Å². The maximum Gasteiger partial charge on any atom is 0.325 e. The van der Waals surface area contributed by atoms with Gasteiger partial charge < -0.3 is 10.6 Å². The molecule has 1 unspecified atom stereocenters. The van der Waals surface area contributed by atoms with E-state index in [0.717, 1.165) is 36.1 Å². The van der Waals surface area contributed by atoms with Crippen LogP contribution in [0, 0.1) is 5.92 Å². The lowest BCUT2D eigenvalue weighted by Gasteiger charge is -2.33. The first-order valence-corrected chi connectivity index (χ1v) is 9.50. The van der Waals surface area contributed by atoms with Crippen LogP contribution < -0.4 is 10.6 Å². The maximum atomic E-state index is 12.8. The van der Waals surface area contributed by atoms with Crippen LogP contribution in [0.3, 0.4) is 0 Å². The van der Waals surface area contributed by atoms with E-state index in [-0.39, 0.29) is 24.4 Å². The summed E-state index contributed by atoms with van der Waals surface area (Å²) in [4.78, 5) is 38.7. The quantitative estimate of drug-likeness (QED) is 0.817. The molecule has 1 heterocycles. The normalized spacial score (nSPS) is 30.4. The van der Waals surface area contributed by atoms with Gasteiger partial charge in [0, 0.05) is 0 Å². The largest absolute Gasteiger partial charge is 0.348 e. The van der Waals surface area contributed by atoms with Crippen molar-refractivity contribution in [1.29, 1.82) is 0 Å². The Morgan fingerprint density at radius 2 is 1.96 bits per heavy atom. The summed E-state index contributed by atoms with van der Waals surface area (Å²) in [5, 5.41) is 5.85. The minimum absolute atomic E-state index is 0.0380. The fourth-order valence-corrected chi connectivity index (χ4v) is 4.50. The number of rotatable bonds is 3. The Balaban J connectivity index is 1.40. The summed E-state index contributed by atoms with van der Waals surface area (Å²) in [5.41, 5.74) is 1.60. The second-order valence-electron chi connectivity index (χ2n) is 7.94. The van der Waals surface area contributed by atoms with Crippen LogP contribution in [0.25, 0.3) is 0 Å². The van der Waals surface area contributed by atoms with E-state index in [0.29, 0.717) is 18.8 Å². The molecule has 2 aliphatic carbocycles. The molecular formula is C20H25N3O3. The molecule has 0 radical (unpaired) electrons. The van der Waals surface area contributed by atoms with Crippen LogP contribution in [0.5, 0.6) is 0 Å². The monoisotopic (exact) mass is 355 g/mol. The SMILES string of the molecule is CC1CCC2(CC1)NC(=O)N(CC(=O)NC1CCc3ccccc31)C2=O. The number of imide groups is 1. The maximum absolute atomic E-state index is 12.8. The van der Waals surface area contributed by atoms with E-state index < -0.39 is 11.6 Å². The van der Waals surface area contributed by atoms with Crippen molar-refractivity contribution >= 4 is 17.8 Å². The summed E-state index contributed by atoms with van der Waals surface area (Å²) in [6.45, 7) is 1.96. The zero-order valence-corrected chi connectivity index (χ0v) is 15.1. The highest BCUT2D eigenvalue weighted by atomic mass is 16.2. The molecule has 4 rings (SSSR count). The number of carbonyl (C=O) groups excluding carboxylic acids is 3. The van der Waals surface area contributed by atoms with Crippen molar-refractivity contribution in [2.75, 3.05) is 6.54 Å². The van der Waals surface area contributed by atoms with Gasteiger partial charge in [0.25, 0.3) is 5.91 Å². The van der Waals surface area contributed by atoms with Crippen LogP contribution >= 0.6 is 0 Å². The van der Waals surface area contributed by atoms with Crippen LogP contribution in [-0.4, -0.2) is 34.8 Å². The molecule has 6 nitrogen and oxygen atoms in total. The molecule has 1 saturated carbocycles. The molecule has 4 amide bonds. The third-order valence-electron chi connectivity index (χ3n) is 6.14. The first-order chi connectivity index (χ1) is 12.5. The van der Waals surface area contributed by atoms with Gasteiger partial charge >= 0.3 is 6.03 Å². The van der Waals surface area contributed by atoms with Gasteiger partial charge in [-0.2, -0.15) is 0 Å². The number of hydrogen-bond acceptors (Lipinski definition) is 3. The predicted octanol–water partition coefficient (Wildman–Crippen LogP) is 2.29. The van der Waals surface area contributed by atoms with Crippen LogP contribution in [0.15, 0.2) is 24.3 Å². The lowest BCUT2D eigenvalue weighted by Crippen LogP contribution is -2.50. The molecular weight excluding hydrogens is 330 g/mol. The summed E-state index contributed by atoms with van der Waals surface area (Å²) in [6, 6.07) is 7.59. The fourth-order valence-electron chi connectivity index (χ4n) is 4.50. The number of urea groups is 1. The van der Waals surface area contributed by atoms with Crippen molar-refractivity contribution in [3.8, 4) is 0 Å². The molecule has 1 atom stereocenters. The molecule has 1 spiro atoms. The Morgan fingerprint density at radius 3 is 2.73 bits per heavy atom. The van der Waals surface area contributed by atoms with E-state index in [2.05, 4.69) is 23.6 Å². The van der Waals surface area contributed by atoms with Crippen molar-refractivity contribution < 1.29 is 14.4 Å². The minimum Gasteiger partial charge on any atom is -0.348 e. The summed E-state index contributed by atoms with van der Waals surface area (Å²) < 4.78 is 0. The van der Waals surface area contributed by atoms with Crippen molar-refractivity contribution in [2.45, 2.75) is 57.0 Å². The van der Waals surface area contributed by atoms with Gasteiger partial charge in [-0.1, -0.05) is 31.2 Å². The van der Waals surface area contributed by atoms with Crippen LogP contribution in [0.4, 0.5) is 4.79 Å². The number of nitrogens with zero attached hydrogens (tertiary/aromatic N) is 1. The second kappa shape index (κ2) is 6.41. The molecule has 2 fully saturated rings. The highest BCUT2D eigenvalue weighted by molar-refractivity contribution is 6.09. The van der Waals surface area contributed by atoms with Gasteiger partial charge in [-0.3, -0.25) is 14.5 Å². The average Bonchev–Trinajstić information content (AvgIpc) is 3.13. The molecule has 3 aliphatic rings. The Hall–Kier alpha value is -2.37. The predicted molar refractivity (Wildman–Crippen MR) is 96.3 cm³/mol. The lowest BCUT2D eigenvalue weighted by molar-refractivity contribution is -0.136. The third-order valence-corrected chi connectivity index (χ3v) is 6.14. The molecule has 1 aromatic rings. The van der Waals surface area contributed by atoms with Gasteiger partial charge in [-0.25, -0.2) is 4.79 Å². The van der Waals surface area contributed by atoms with Gasteiger partial charge in [-0.05, 0) is 55.6 Å². The zero-order chi connectivity index (χ0) is 18.3. The summed E-state index contributed by atoms with van der Waals surface area (Å²) >= 11 is 0. The lowest BCUT2D eigenvalue weighted by atomic mass is 9.77. The molecule has 0 aromatic heterocycles. The molecule has 1 saturated heterocycles. The molecule has 1 aromatic carbocycles. The molecule has 6 heteroatoms. The zero-order valence-electron chi connectivity index (χ0n) is 15.1. The topological polar surface area (TPSA) is 78.5 Å². The molecule has 1 aliphatic heterocycles. The Kier molecular flexibility index (Phi) is 4.21. The number of fused-ring (bicyclic) bond motifs is 1. The second-order valence-corrected chi connectivity index (χ2v) is 7.94. The smallest absolute Gasteiger partial charge is 0.325 e. The average molecular weight is 355 g/mol. The van der Waals surface area contributed by atoms with Crippen LogP contribution in [0.1, 0.15) is 56.2 Å². The summed E-state index contributed by atoms with van der Waals surface area (Å²) in [7, 11) is 0. The molecule has 26 heavy (non-hydrogen) atoms. The van der Waals surface area contributed by atoms with Crippen LogP contribution in [-0.2, 0) is 16.0 Å². The van der Waals surface area contributed by atoms with E-state index in [1.807, 2.05) is 18.2 Å². The van der Waals surface area contributed by atoms with E-state index in [1.165, 1.54) is 5.56 Å². The first-order valence-electron chi connectivity index (χ1n) is 9.50.